The summed E-state index contributed by atoms with van der Waals surface area (Å²) >= 11 is 5.76. The van der Waals surface area contributed by atoms with Gasteiger partial charge in [-0.3, -0.25) is 4.79 Å². The second-order valence-corrected chi connectivity index (χ2v) is 3.99. The number of anilines is 1. The van der Waals surface area contributed by atoms with Crippen LogP contribution >= 0.6 is 11.6 Å². The zero-order chi connectivity index (χ0) is 13.0. The number of amides is 1. The molecule has 4 nitrogen and oxygen atoms in total. The van der Waals surface area contributed by atoms with Crippen molar-refractivity contribution >= 4 is 23.2 Å². The van der Waals surface area contributed by atoms with E-state index < -0.39 is 0 Å². The number of hydrogen-bond acceptors (Lipinski definition) is 3. The molecular formula is C13H11ClN2O2. The van der Waals surface area contributed by atoms with Crippen LogP contribution in [-0.2, 0) is 0 Å². The number of pyridine rings is 1. The Bertz CT molecular complexity index is 538. The van der Waals surface area contributed by atoms with Crippen LogP contribution in [0.1, 0.15) is 10.4 Å². The number of ether oxygens (including phenoxy) is 1. The van der Waals surface area contributed by atoms with E-state index >= 15 is 0 Å². The lowest BCUT2D eigenvalue weighted by Crippen LogP contribution is -2.12. The highest BCUT2D eigenvalue weighted by Gasteiger charge is 2.06. The Balaban J connectivity index is 2.09. The fraction of sp³-hybridized carbons (Fsp3) is 0.0769. The summed E-state index contributed by atoms with van der Waals surface area (Å²) in [6.45, 7) is 0. The zero-order valence-corrected chi connectivity index (χ0v) is 10.4. The summed E-state index contributed by atoms with van der Waals surface area (Å²) in [4.78, 5) is 15.8. The second kappa shape index (κ2) is 5.51. The van der Waals surface area contributed by atoms with E-state index in [1.165, 1.54) is 13.3 Å². The van der Waals surface area contributed by atoms with E-state index in [1.54, 1.807) is 36.4 Å². The molecule has 1 aromatic carbocycles. The fourth-order valence-electron chi connectivity index (χ4n) is 1.37. The molecule has 0 saturated carbocycles. The zero-order valence-electron chi connectivity index (χ0n) is 9.68. The molecule has 0 aliphatic rings. The van der Waals surface area contributed by atoms with Crippen LogP contribution in [0.5, 0.6) is 5.88 Å². The fourth-order valence-corrected chi connectivity index (χ4v) is 1.50. The van der Waals surface area contributed by atoms with Gasteiger partial charge in [0.15, 0.2) is 0 Å². The first kappa shape index (κ1) is 12.4. The molecule has 5 heteroatoms. The van der Waals surface area contributed by atoms with Gasteiger partial charge in [-0.2, -0.15) is 0 Å². The number of rotatable bonds is 3. The lowest BCUT2D eigenvalue weighted by Gasteiger charge is -2.05. The Hall–Kier alpha value is -2.07. The summed E-state index contributed by atoms with van der Waals surface area (Å²) in [5, 5.41) is 3.37. The van der Waals surface area contributed by atoms with Crippen molar-refractivity contribution < 1.29 is 9.53 Å². The lowest BCUT2D eigenvalue weighted by molar-refractivity contribution is 0.102. The van der Waals surface area contributed by atoms with Gasteiger partial charge in [-0.15, -0.1) is 0 Å². The highest BCUT2D eigenvalue weighted by atomic mass is 35.5. The van der Waals surface area contributed by atoms with Crippen LogP contribution in [0.15, 0.2) is 42.6 Å². The van der Waals surface area contributed by atoms with Crippen molar-refractivity contribution in [3.8, 4) is 5.88 Å². The number of methoxy groups -OCH3 is 1. The Kier molecular flexibility index (Phi) is 3.79. The third-order valence-corrected chi connectivity index (χ3v) is 2.56. The van der Waals surface area contributed by atoms with Gasteiger partial charge in [0.05, 0.1) is 12.7 Å². The number of aromatic nitrogens is 1. The molecule has 0 atom stereocenters. The first-order valence-corrected chi connectivity index (χ1v) is 5.64. The van der Waals surface area contributed by atoms with Crippen LogP contribution in [0.25, 0.3) is 0 Å². The molecule has 0 unspecified atom stereocenters. The summed E-state index contributed by atoms with van der Waals surface area (Å²) in [6, 6.07) is 10.2. The first-order chi connectivity index (χ1) is 8.69. The number of nitrogens with zero attached hydrogens (tertiary/aromatic N) is 1. The smallest absolute Gasteiger partial charge is 0.257 e. The van der Waals surface area contributed by atoms with Gasteiger partial charge in [0.1, 0.15) is 0 Å². The lowest BCUT2D eigenvalue weighted by atomic mass is 10.2. The molecule has 0 spiro atoms. The summed E-state index contributed by atoms with van der Waals surface area (Å²) < 4.78 is 4.92. The Morgan fingerprint density at radius 1 is 1.22 bits per heavy atom. The van der Waals surface area contributed by atoms with Crippen LogP contribution in [0, 0.1) is 0 Å². The molecule has 0 saturated heterocycles. The number of hydrogen-bond donors (Lipinski definition) is 1. The van der Waals surface area contributed by atoms with E-state index in [1.807, 2.05) is 0 Å². The molecule has 0 aliphatic carbocycles. The average molecular weight is 263 g/mol. The number of halogens is 1. The predicted molar refractivity (Wildman–Crippen MR) is 70.2 cm³/mol. The Labute approximate surface area is 110 Å². The normalized spacial score (nSPS) is 9.89. The maximum atomic E-state index is 11.9. The Morgan fingerprint density at radius 3 is 2.50 bits per heavy atom. The van der Waals surface area contributed by atoms with E-state index in [4.69, 9.17) is 16.3 Å². The van der Waals surface area contributed by atoms with Crippen LogP contribution in [0.3, 0.4) is 0 Å². The van der Waals surface area contributed by atoms with Crippen molar-refractivity contribution in [1.82, 2.24) is 4.98 Å². The minimum absolute atomic E-state index is 0.229. The van der Waals surface area contributed by atoms with Gasteiger partial charge in [0.2, 0.25) is 5.88 Å². The monoisotopic (exact) mass is 262 g/mol. The number of carbonyl (C=O) groups excluding carboxylic acids is 1. The molecule has 18 heavy (non-hydrogen) atoms. The molecule has 0 aliphatic heterocycles. The van der Waals surface area contributed by atoms with E-state index in [-0.39, 0.29) is 5.91 Å². The molecule has 92 valence electrons. The molecule has 1 amide bonds. The quantitative estimate of drug-likeness (QED) is 0.925. The predicted octanol–water partition coefficient (Wildman–Crippen LogP) is 3.00. The minimum Gasteiger partial charge on any atom is -0.481 e. The molecule has 1 N–H and O–H groups in total. The van der Waals surface area contributed by atoms with Crippen molar-refractivity contribution in [3.05, 3.63) is 53.2 Å². The summed E-state index contributed by atoms with van der Waals surface area (Å²) in [5.74, 6) is 0.241. The van der Waals surface area contributed by atoms with Gasteiger partial charge in [-0.05, 0) is 30.3 Å². The Morgan fingerprint density at radius 2 is 1.94 bits per heavy atom. The van der Waals surface area contributed by atoms with Crippen molar-refractivity contribution in [3.63, 3.8) is 0 Å². The summed E-state index contributed by atoms with van der Waals surface area (Å²) in [6.07, 6.45) is 1.46. The highest BCUT2D eigenvalue weighted by molar-refractivity contribution is 6.30. The summed E-state index contributed by atoms with van der Waals surface area (Å²) in [5.41, 5.74) is 1.14. The van der Waals surface area contributed by atoms with Gasteiger partial charge in [0, 0.05) is 23.0 Å². The third-order valence-electron chi connectivity index (χ3n) is 2.31. The second-order valence-electron chi connectivity index (χ2n) is 3.55. The topological polar surface area (TPSA) is 51.2 Å². The van der Waals surface area contributed by atoms with E-state index in [0.29, 0.717) is 22.2 Å². The van der Waals surface area contributed by atoms with Crippen molar-refractivity contribution in [2.24, 2.45) is 0 Å². The van der Waals surface area contributed by atoms with Gasteiger partial charge in [0.25, 0.3) is 5.91 Å². The van der Waals surface area contributed by atoms with Gasteiger partial charge < -0.3 is 10.1 Å². The standard InChI is InChI=1S/C13H11ClN2O2/c1-18-12-7-2-9(8-15-12)13(17)16-11-5-3-10(14)4-6-11/h2-8H,1H3,(H,16,17). The molecule has 0 radical (unpaired) electrons. The maximum Gasteiger partial charge on any atom is 0.257 e. The maximum absolute atomic E-state index is 11.9. The summed E-state index contributed by atoms with van der Waals surface area (Å²) in [7, 11) is 1.52. The van der Waals surface area contributed by atoms with Crippen molar-refractivity contribution in [2.45, 2.75) is 0 Å². The van der Waals surface area contributed by atoms with Crippen LogP contribution in [0.4, 0.5) is 5.69 Å². The van der Waals surface area contributed by atoms with Gasteiger partial charge in [-0.25, -0.2) is 4.98 Å². The van der Waals surface area contributed by atoms with E-state index in [0.717, 1.165) is 0 Å². The SMILES string of the molecule is COc1ccc(C(=O)Nc2ccc(Cl)cc2)cn1. The van der Waals surface area contributed by atoms with E-state index in [9.17, 15) is 4.79 Å². The number of nitrogens with one attached hydrogen (secondary N) is 1. The highest BCUT2D eigenvalue weighted by Crippen LogP contribution is 2.15. The number of benzene rings is 1. The minimum atomic E-state index is -0.229. The number of carbonyl (C=O) groups is 1. The van der Waals surface area contributed by atoms with Gasteiger partial charge in [-0.1, -0.05) is 11.6 Å². The van der Waals surface area contributed by atoms with Crippen LogP contribution < -0.4 is 10.1 Å². The third kappa shape index (κ3) is 2.99. The largest absolute Gasteiger partial charge is 0.481 e. The molecule has 1 heterocycles. The molecule has 2 aromatic rings. The van der Waals surface area contributed by atoms with Crippen molar-refractivity contribution in [1.29, 1.82) is 0 Å². The molecule has 2 rings (SSSR count). The molecular weight excluding hydrogens is 252 g/mol. The van der Waals surface area contributed by atoms with Crippen molar-refractivity contribution in [2.75, 3.05) is 12.4 Å². The van der Waals surface area contributed by atoms with Gasteiger partial charge >= 0.3 is 0 Å². The van der Waals surface area contributed by atoms with Crippen LogP contribution in [-0.4, -0.2) is 18.0 Å². The molecule has 0 fully saturated rings. The van der Waals surface area contributed by atoms with E-state index in [2.05, 4.69) is 10.3 Å². The average Bonchev–Trinajstić information content (AvgIpc) is 2.41. The van der Waals surface area contributed by atoms with Crippen LogP contribution in [0.2, 0.25) is 5.02 Å². The molecule has 0 bridgehead atoms. The first-order valence-electron chi connectivity index (χ1n) is 5.26. The molecule has 1 aromatic heterocycles.